The van der Waals surface area contributed by atoms with Gasteiger partial charge in [-0.05, 0) is 68.2 Å². The maximum atomic E-state index is 13.1. The number of aromatic nitrogens is 1. The fourth-order valence-corrected chi connectivity index (χ4v) is 4.57. The Morgan fingerprint density at radius 2 is 1.55 bits per heavy atom. The predicted octanol–water partition coefficient (Wildman–Crippen LogP) is 3.57. The lowest BCUT2D eigenvalue weighted by atomic mass is 9.92. The van der Waals surface area contributed by atoms with Gasteiger partial charge in [0.1, 0.15) is 5.71 Å². The summed E-state index contributed by atoms with van der Waals surface area (Å²) in [6.07, 6.45) is 7.94. The zero-order valence-corrected chi connectivity index (χ0v) is 16.4. The van der Waals surface area contributed by atoms with E-state index in [0.717, 1.165) is 62.0 Å². The van der Waals surface area contributed by atoms with E-state index >= 15 is 0 Å². The topological polar surface area (TPSA) is 74.7 Å². The van der Waals surface area contributed by atoms with Gasteiger partial charge >= 0.3 is 0 Å². The highest BCUT2D eigenvalue weighted by Gasteiger charge is 2.29. The van der Waals surface area contributed by atoms with Gasteiger partial charge in [0.25, 0.3) is 5.91 Å². The zero-order chi connectivity index (χ0) is 19.8. The van der Waals surface area contributed by atoms with Crippen molar-refractivity contribution in [3.8, 4) is 0 Å². The minimum Gasteiger partial charge on any atom is -0.320 e. The Kier molecular flexibility index (Phi) is 4.62. The molecule has 1 N–H and O–H groups in total. The van der Waals surface area contributed by atoms with E-state index in [1.54, 1.807) is 0 Å². The molecule has 0 radical (unpaired) electrons. The summed E-state index contributed by atoms with van der Waals surface area (Å²) in [5.41, 5.74) is 6.76. The van der Waals surface area contributed by atoms with Crippen molar-refractivity contribution in [2.24, 2.45) is 5.10 Å². The maximum Gasteiger partial charge on any atom is 0.271 e. The van der Waals surface area contributed by atoms with Crippen LogP contribution in [-0.4, -0.2) is 22.5 Å². The molecule has 1 aromatic carbocycles. The van der Waals surface area contributed by atoms with Crippen LogP contribution in [0.1, 0.15) is 54.6 Å². The van der Waals surface area contributed by atoms with Gasteiger partial charge in [0.05, 0.1) is 11.4 Å². The number of fused-ring (bicyclic) bond motifs is 2. The first-order valence-corrected chi connectivity index (χ1v) is 10.5. The molecule has 3 aliphatic rings. The molecular formula is C23H24N4O2. The molecular weight excluding hydrogens is 364 g/mol. The number of hydrazone groups is 1. The smallest absolute Gasteiger partial charge is 0.271 e. The number of benzene rings is 1. The van der Waals surface area contributed by atoms with Crippen molar-refractivity contribution < 1.29 is 9.59 Å². The second kappa shape index (κ2) is 7.43. The summed E-state index contributed by atoms with van der Waals surface area (Å²) < 4.78 is 0. The molecule has 2 amide bonds. The highest BCUT2D eigenvalue weighted by Crippen LogP contribution is 2.36. The SMILES string of the molecule is O=C(Nc1c2c(nc3c1CCC3)CCCC2)C1=NN(c2ccccc2)C(=O)CC1. The highest BCUT2D eigenvalue weighted by atomic mass is 16.2. The van der Waals surface area contributed by atoms with Gasteiger partial charge in [-0.15, -0.1) is 0 Å². The Morgan fingerprint density at radius 3 is 2.34 bits per heavy atom. The van der Waals surface area contributed by atoms with Crippen molar-refractivity contribution in [1.29, 1.82) is 0 Å². The van der Waals surface area contributed by atoms with E-state index in [2.05, 4.69) is 10.4 Å². The second-order valence-electron chi connectivity index (χ2n) is 7.94. The van der Waals surface area contributed by atoms with Crippen molar-refractivity contribution in [3.05, 3.63) is 52.8 Å². The summed E-state index contributed by atoms with van der Waals surface area (Å²) in [6, 6.07) is 9.27. The van der Waals surface area contributed by atoms with E-state index in [9.17, 15) is 9.59 Å². The maximum absolute atomic E-state index is 13.1. The molecule has 2 heterocycles. The Hall–Kier alpha value is -3.02. The van der Waals surface area contributed by atoms with Crippen LogP contribution in [-0.2, 0) is 35.3 Å². The Morgan fingerprint density at radius 1 is 0.862 bits per heavy atom. The van der Waals surface area contributed by atoms with Gasteiger partial charge in [0.2, 0.25) is 5.91 Å². The molecule has 2 aliphatic carbocycles. The molecule has 5 rings (SSSR count). The first kappa shape index (κ1) is 18.0. The van der Waals surface area contributed by atoms with Crippen LogP contribution in [0, 0.1) is 0 Å². The number of anilines is 2. The van der Waals surface area contributed by atoms with Gasteiger partial charge < -0.3 is 5.32 Å². The third-order valence-corrected chi connectivity index (χ3v) is 6.03. The number of pyridine rings is 1. The van der Waals surface area contributed by atoms with Gasteiger partial charge in [0, 0.05) is 24.2 Å². The van der Waals surface area contributed by atoms with E-state index < -0.39 is 0 Å². The number of hydrogen-bond acceptors (Lipinski definition) is 4. The fourth-order valence-electron chi connectivity index (χ4n) is 4.57. The van der Waals surface area contributed by atoms with Crippen molar-refractivity contribution in [1.82, 2.24) is 4.98 Å². The Labute approximate surface area is 170 Å². The second-order valence-corrected chi connectivity index (χ2v) is 7.94. The van der Waals surface area contributed by atoms with Gasteiger partial charge in [-0.25, -0.2) is 5.01 Å². The van der Waals surface area contributed by atoms with Crippen LogP contribution < -0.4 is 10.3 Å². The van der Waals surface area contributed by atoms with Crippen molar-refractivity contribution in [3.63, 3.8) is 0 Å². The molecule has 0 saturated carbocycles. The van der Waals surface area contributed by atoms with E-state index in [1.165, 1.54) is 16.1 Å². The fraction of sp³-hybridized carbons (Fsp3) is 0.391. The molecule has 6 nitrogen and oxygen atoms in total. The Bertz CT molecular complexity index is 1010. The number of hydrogen-bond donors (Lipinski definition) is 1. The van der Waals surface area contributed by atoms with E-state index in [4.69, 9.17) is 4.98 Å². The average molecular weight is 388 g/mol. The largest absolute Gasteiger partial charge is 0.320 e. The molecule has 0 saturated heterocycles. The zero-order valence-electron chi connectivity index (χ0n) is 16.4. The van der Waals surface area contributed by atoms with Gasteiger partial charge in [-0.2, -0.15) is 5.10 Å². The summed E-state index contributed by atoms with van der Waals surface area (Å²) in [4.78, 5) is 30.4. The average Bonchev–Trinajstić information content (AvgIpc) is 3.23. The first-order chi connectivity index (χ1) is 14.2. The lowest BCUT2D eigenvalue weighted by Crippen LogP contribution is -2.36. The van der Waals surface area contributed by atoms with E-state index in [-0.39, 0.29) is 18.2 Å². The van der Waals surface area contributed by atoms with Crippen LogP contribution >= 0.6 is 0 Å². The molecule has 2 aromatic rings. The summed E-state index contributed by atoms with van der Waals surface area (Å²) in [7, 11) is 0. The highest BCUT2D eigenvalue weighted by molar-refractivity contribution is 6.44. The van der Waals surface area contributed by atoms with Gasteiger partial charge in [0.15, 0.2) is 0 Å². The molecule has 0 atom stereocenters. The summed E-state index contributed by atoms with van der Waals surface area (Å²) >= 11 is 0. The third kappa shape index (κ3) is 3.33. The molecule has 0 fully saturated rings. The minimum atomic E-state index is -0.202. The number of para-hydroxylation sites is 1. The number of carbonyl (C=O) groups excluding carboxylic acids is 2. The summed E-state index contributed by atoms with van der Waals surface area (Å²) in [6.45, 7) is 0. The number of rotatable bonds is 3. The van der Waals surface area contributed by atoms with Crippen LogP contribution in [0.3, 0.4) is 0 Å². The van der Waals surface area contributed by atoms with Crippen molar-refractivity contribution in [2.45, 2.75) is 57.8 Å². The normalized spacial score (nSPS) is 18.1. The number of amides is 2. The van der Waals surface area contributed by atoms with E-state index in [0.29, 0.717) is 17.8 Å². The Balaban J connectivity index is 1.47. The van der Waals surface area contributed by atoms with E-state index in [1.807, 2.05) is 30.3 Å². The minimum absolute atomic E-state index is 0.0880. The van der Waals surface area contributed by atoms with Crippen LogP contribution in [0.15, 0.2) is 35.4 Å². The number of nitrogens with zero attached hydrogens (tertiary/aromatic N) is 3. The molecule has 148 valence electrons. The third-order valence-electron chi connectivity index (χ3n) is 6.03. The van der Waals surface area contributed by atoms with Crippen molar-refractivity contribution >= 4 is 28.9 Å². The molecule has 1 aromatic heterocycles. The monoisotopic (exact) mass is 388 g/mol. The van der Waals surface area contributed by atoms with Gasteiger partial charge in [-0.3, -0.25) is 14.6 Å². The summed E-state index contributed by atoms with van der Waals surface area (Å²) in [5.74, 6) is -0.290. The summed E-state index contributed by atoms with van der Waals surface area (Å²) in [5, 5.41) is 8.94. The molecule has 6 heteroatoms. The number of aryl methyl sites for hydroxylation is 2. The number of carbonyl (C=O) groups is 2. The van der Waals surface area contributed by atoms with Gasteiger partial charge in [-0.1, -0.05) is 18.2 Å². The molecule has 0 spiro atoms. The lowest BCUT2D eigenvalue weighted by molar-refractivity contribution is -0.118. The number of nitrogens with one attached hydrogen (secondary N) is 1. The quantitative estimate of drug-likeness (QED) is 0.873. The van der Waals surface area contributed by atoms with Crippen LogP contribution in [0.4, 0.5) is 11.4 Å². The van der Waals surface area contributed by atoms with Crippen molar-refractivity contribution in [2.75, 3.05) is 10.3 Å². The molecule has 0 bridgehead atoms. The molecule has 1 aliphatic heterocycles. The lowest BCUT2D eigenvalue weighted by Gasteiger charge is -2.25. The van der Waals surface area contributed by atoms with Crippen LogP contribution in [0.5, 0.6) is 0 Å². The molecule has 29 heavy (non-hydrogen) atoms. The molecule has 0 unspecified atom stereocenters. The van der Waals surface area contributed by atoms with Crippen LogP contribution in [0.25, 0.3) is 0 Å². The first-order valence-electron chi connectivity index (χ1n) is 10.5. The standard InChI is InChI=1S/C23H24N4O2/c28-21-14-13-20(26-27(21)15-7-2-1-3-8-15)23(29)25-22-16-9-4-5-11-18(16)24-19-12-6-10-17(19)22/h1-3,7-8H,4-6,9-14H2,(H,24,25,29). The van der Waals surface area contributed by atoms with Crippen LogP contribution in [0.2, 0.25) is 0 Å². The predicted molar refractivity (Wildman–Crippen MR) is 112 cm³/mol.